The van der Waals surface area contributed by atoms with E-state index in [1.165, 1.54) is 17.6 Å². The van der Waals surface area contributed by atoms with Crippen molar-refractivity contribution in [2.24, 2.45) is 5.10 Å². The monoisotopic (exact) mass is 327 g/mol. The van der Waals surface area contributed by atoms with E-state index < -0.39 is 0 Å². The number of thiazole rings is 1. The number of hydrogen-bond acceptors (Lipinski definition) is 5. The van der Waals surface area contributed by atoms with E-state index in [4.69, 9.17) is 4.42 Å². The van der Waals surface area contributed by atoms with Crippen LogP contribution in [-0.2, 0) is 0 Å². The summed E-state index contributed by atoms with van der Waals surface area (Å²) in [6.45, 7) is 3.66. The molecule has 1 amide bonds. The summed E-state index contributed by atoms with van der Waals surface area (Å²) in [4.78, 5) is 16.5. The molecule has 0 saturated heterocycles. The lowest BCUT2D eigenvalue weighted by Gasteiger charge is -1.95. The largest absolute Gasteiger partial charge is 0.448 e. The molecular weight excluding hydrogens is 318 g/mol. The minimum Gasteiger partial charge on any atom is -0.448 e. The maximum atomic E-state index is 11.8. The normalized spacial score (nSPS) is 11.1. The Morgan fingerprint density at radius 3 is 2.89 bits per heavy atom. The van der Waals surface area contributed by atoms with Gasteiger partial charge in [-0.3, -0.25) is 4.79 Å². The van der Waals surface area contributed by atoms with Gasteiger partial charge >= 0.3 is 0 Å². The van der Waals surface area contributed by atoms with E-state index in [2.05, 4.69) is 31.4 Å². The van der Waals surface area contributed by atoms with Gasteiger partial charge in [-0.1, -0.05) is 0 Å². The number of halogens is 1. The Hall–Kier alpha value is -1.47. The van der Waals surface area contributed by atoms with Crippen molar-refractivity contribution >= 4 is 39.4 Å². The molecule has 0 aliphatic heterocycles. The smallest absolute Gasteiger partial charge is 0.283 e. The Balaban J connectivity index is 2.00. The van der Waals surface area contributed by atoms with E-state index in [1.54, 1.807) is 19.1 Å². The molecule has 2 heterocycles. The van der Waals surface area contributed by atoms with Gasteiger partial charge < -0.3 is 4.42 Å². The molecule has 94 valence electrons. The molecule has 0 atom stereocenters. The molecule has 18 heavy (non-hydrogen) atoms. The van der Waals surface area contributed by atoms with Crippen LogP contribution in [0.15, 0.2) is 26.3 Å². The molecule has 0 radical (unpaired) electrons. The van der Waals surface area contributed by atoms with E-state index in [-0.39, 0.29) is 5.91 Å². The number of hydrogen-bond donors (Lipinski definition) is 1. The van der Waals surface area contributed by atoms with Crippen LogP contribution in [0.2, 0.25) is 0 Å². The molecule has 2 aromatic rings. The fourth-order valence-electron chi connectivity index (χ4n) is 1.34. The summed E-state index contributed by atoms with van der Waals surface area (Å²) in [5, 5.41) is 4.68. The summed E-state index contributed by atoms with van der Waals surface area (Å²) < 4.78 is 5.82. The van der Waals surface area contributed by atoms with Crippen molar-refractivity contribution in [3.63, 3.8) is 0 Å². The Kier molecular flexibility index (Phi) is 3.93. The molecule has 0 fully saturated rings. The first-order valence-corrected chi connectivity index (χ1v) is 6.70. The fourth-order valence-corrected chi connectivity index (χ4v) is 2.47. The van der Waals surface area contributed by atoms with E-state index in [1.807, 2.05) is 6.92 Å². The van der Waals surface area contributed by atoms with Gasteiger partial charge in [-0.05, 0) is 41.9 Å². The molecule has 2 aromatic heterocycles. The van der Waals surface area contributed by atoms with Gasteiger partial charge in [0.2, 0.25) is 0 Å². The Morgan fingerprint density at radius 1 is 1.56 bits per heavy atom. The van der Waals surface area contributed by atoms with Crippen LogP contribution < -0.4 is 5.43 Å². The van der Waals surface area contributed by atoms with Crippen LogP contribution in [0, 0.1) is 13.8 Å². The van der Waals surface area contributed by atoms with E-state index in [0.717, 1.165) is 5.01 Å². The first-order chi connectivity index (χ1) is 8.56. The maximum absolute atomic E-state index is 11.8. The molecule has 2 rings (SSSR count). The number of amides is 1. The topological polar surface area (TPSA) is 67.5 Å². The maximum Gasteiger partial charge on any atom is 0.283 e. The van der Waals surface area contributed by atoms with E-state index >= 15 is 0 Å². The molecule has 1 N–H and O–H groups in total. The van der Waals surface area contributed by atoms with Crippen LogP contribution in [0.25, 0.3) is 0 Å². The first-order valence-electron chi connectivity index (χ1n) is 5.09. The quantitative estimate of drug-likeness (QED) is 0.696. The van der Waals surface area contributed by atoms with Crippen molar-refractivity contribution in [3.8, 4) is 0 Å². The number of furan rings is 1. The van der Waals surface area contributed by atoms with Gasteiger partial charge in [0.1, 0.15) is 10.6 Å². The van der Waals surface area contributed by atoms with Crippen LogP contribution >= 0.6 is 27.3 Å². The molecule has 0 unspecified atom stereocenters. The van der Waals surface area contributed by atoms with Crippen LogP contribution in [0.5, 0.6) is 0 Å². The van der Waals surface area contributed by atoms with E-state index in [0.29, 0.717) is 21.0 Å². The SMILES string of the molecule is Cc1nc(C)c(C(=O)N/N=C/c2ccc(Br)o2)s1. The van der Waals surface area contributed by atoms with E-state index in [9.17, 15) is 4.79 Å². The first kappa shape index (κ1) is 13.0. The van der Waals surface area contributed by atoms with Gasteiger partial charge in [-0.15, -0.1) is 11.3 Å². The minimum absolute atomic E-state index is 0.264. The number of aryl methyl sites for hydroxylation is 2. The van der Waals surface area contributed by atoms with Crippen LogP contribution in [0.4, 0.5) is 0 Å². The molecule has 0 saturated carbocycles. The lowest BCUT2D eigenvalue weighted by molar-refractivity contribution is 0.0958. The number of nitrogens with one attached hydrogen (secondary N) is 1. The van der Waals surface area contributed by atoms with Crippen LogP contribution in [0.3, 0.4) is 0 Å². The van der Waals surface area contributed by atoms with Crippen LogP contribution in [0.1, 0.15) is 26.1 Å². The predicted octanol–water partition coefficient (Wildman–Crippen LogP) is 2.88. The lowest BCUT2D eigenvalue weighted by Crippen LogP contribution is -2.17. The van der Waals surface area contributed by atoms with Gasteiger partial charge in [0.05, 0.1) is 16.9 Å². The van der Waals surface area contributed by atoms with Crippen molar-refractivity contribution < 1.29 is 9.21 Å². The third-order valence-corrected chi connectivity index (χ3v) is 3.56. The second-order valence-corrected chi connectivity index (χ2v) is 5.47. The zero-order chi connectivity index (χ0) is 13.1. The highest BCUT2D eigenvalue weighted by molar-refractivity contribution is 9.10. The molecule has 0 aliphatic rings. The van der Waals surface area contributed by atoms with Gasteiger partial charge in [-0.2, -0.15) is 5.10 Å². The summed E-state index contributed by atoms with van der Waals surface area (Å²) >= 11 is 4.52. The molecule has 0 aliphatic carbocycles. The molecule has 7 heteroatoms. The van der Waals surface area contributed by atoms with Gasteiger partial charge in [0, 0.05) is 0 Å². The van der Waals surface area contributed by atoms with Crippen molar-refractivity contribution in [1.29, 1.82) is 0 Å². The molecule has 0 aromatic carbocycles. The third kappa shape index (κ3) is 3.05. The Labute approximate surface area is 116 Å². The average Bonchev–Trinajstić information content (AvgIpc) is 2.85. The second-order valence-electron chi connectivity index (χ2n) is 3.49. The third-order valence-electron chi connectivity index (χ3n) is 2.06. The molecule has 0 spiro atoms. The summed E-state index contributed by atoms with van der Waals surface area (Å²) in [5.41, 5.74) is 3.15. The summed E-state index contributed by atoms with van der Waals surface area (Å²) in [6, 6.07) is 3.49. The highest BCUT2D eigenvalue weighted by atomic mass is 79.9. The Bertz CT molecular complexity index is 603. The molecular formula is C11H10BrN3O2S. The fraction of sp³-hybridized carbons (Fsp3) is 0.182. The van der Waals surface area contributed by atoms with Crippen molar-refractivity contribution in [2.75, 3.05) is 0 Å². The summed E-state index contributed by atoms with van der Waals surface area (Å²) in [7, 11) is 0. The molecule has 5 nitrogen and oxygen atoms in total. The van der Waals surface area contributed by atoms with Gasteiger partial charge in [-0.25, -0.2) is 10.4 Å². The number of carbonyl (C=O) groups is 1. The number of nitrogens with zero attached hydrogens (tertiary/aromatic N) is 2. The minimum atomic E-state index is -0.264. The highest BCUT2D eigenvalue weighted by Gasteiger charge is 2.12. The van der Waals surface area contributed by atoms with Gasteiger partial charge in [0.15, 0.2) is 4.67 Å². The van der Waals surface area contributed by atoms with Crippen molar-refractivity contribution in [2.45, 2.75) is 13.8 Å². The number of aromatic nitrogens is 1. The highest BCUT2D eigenvalue weighted by Crippen LogP contribution is 2.16. The van der Waals surface area contributed by atoms with Crippen LogP contribution in [-0.4, -0.2) is 17.1 Å². The van der Waals surface area contributed by atoms with Gasteiger partial charge in [0.25, 0.3) is 5.91 Å². The molecule has 0 bridgehead atoms. The number of carbonyl (C=O) groups excluding carboxylic acids is 1. The zero-order valence-electron chi connectivity index (χ0n) is 9.73. The number of rotatable bonds is 3. The average molecular weight is 328 g/mol. The zero-order valence-corrected chi connectivity index (χ0v) is 12.1. The van der Waals surface area contributed by atoms with Crippen molar-refractivity contribution in [3.05, 3.63) is 38.1 Å². The second kappa shape index (κ2) is 5.45. The summed E-state index contributed by atoms with van der Waals surface area (Å²) in [5.74, 6) is 0.291. The Morgan fingerprint density at radius 2 is 2.33 bits per heavy atom. The number of hydrazone groups is 1. The lowest BCUT2D eigenvalue weighted by atomic mass is 10.4. The predicted molar refractivity (Wildman–Crippen MR) is 73.1 cm³/mol. The standard InChI is InChI=1S/C11H10BrN3O2S/c1-6-10(18-7(2)14-6)11(16)15-13-5-8-3-4-9(12)17-8/h3-5H,1-2H3,(H,15,16)/b13-5+. The summed E-state index contributed by atoms with van der Waals surface area (Å²) in [6.07, 6.45) is 1.44. The van der Waals surface area contributed by atoms with Crippen molar-refractivity contribution in [1.82, 2.24) is 10.4 Å².